The van der Waals surface area contributed by atoms with Crippen LogP contribution in [0.4, 0.5) is 0 Å². The Bertz CT molecular complexity index is 881. The molecule has 0 aliphatic heterocycles. The number of rotatable bonds is 6. The second-order valence-corrected chi connectivity index (χ2v) is 7.38. The summed E-state index contributed by atoms with van der Waals surface area (Å²) in [4.78, 5) is 2.45. The summed E-state index contributed by atoms with van der Waals surface area (Å²) >= 11 is 0. The van der Waals surface area contributed by atoms with E-state index in [9.17, 15) is 8.42 Å². The fourth-order valence-electron chi connectivity index (χ4n) is 2.19. The van der Waals surface area contributed by atoms with Crippen LogP contribution in [0.3, 0.4) is 0 Å². The molecule has 0 saturated heterocycles. The lowest BCUT2D eigenvalue weighted by Gasteiger charge is -2.06. The van der Waals surface area contributed by atoms with Crippen LogP contribution in [0.15, 0.2) is 64.6 Å². The predicted octanol–water partition coefficient (Wildman–Crippen LogP) is 3.76. The van der Waals surface area contributed by atoms with Crippen LogP contribution < -0.4 is 9.57 Å². The Balaban J connectivity index is 2.13. The maximum absolute atomic E-state index is 12.2. The van der Waals surface area contributed by atoms with E-state index in [0.717, 1.165) is 22.4 Å². The van der Waals surface area contributed by atoms with Crippen LogP contribution in [0.5, 0.6) is 5.75 Å². The van der Waals surface area contributed by atoms with E-state index in [0.29, 0.717) is 5.71 Å². The highest BCUT2D eigenvalue weighted by molar-refractivity contribution is 7.89. The van der Waals surface area contributed by atoms with Gasteiger partial charge in [-0.05, 0) is 62.2 Å². The van der Waals surface area contributed by atoms with Crippen LogP contribution in [-0.4, -0.2) is 21.2 Å². The average Bonchev–Trinajstić information content (AvgIpc) is 2.60. The number of hydrogen-bond acceptors (Lipinski definition) is 4. The molecule has 0 unspecified atom stereocenters. The van der Waals surface area contributed by atoms with Crippen molar-refractivity contribution in [3.8, 4) is 5.75 Å². The molecule has 0 aliphatic rings. The molecule has 0 amide bonds. The standard InChI is InChI=1S/C19H22N2O3S/c1-14-5-11-19(12-6-14)25(22,23)21-20-16(3)13-15(2)17-7-9-18(24-4)10-8-17/h5-13,21H,1-4H3/b15-13+,20-16+. The molecule has 0 aliphatic carbocycles. The summed E-state index contributed by atoms with van der Waals surface area (Å²) in [6.07, 6.45) is 1.82. The molecule has 1 N–H and O–H groups in total. The monoisotopic (exact) mass is 358 g/mol. The molecule has 2 aromatic rings. The van der Waals surface area contributed by atoms with Crippen molar-refractivity contribution >= 4 is 21.3 Å². The van der Waals surface area contributed by atoms with Gasteiger partial charge in [0.15, 0.2) is 0 Å². The van der Waals surface area contributed by atoms with Gasteiger partial charge in [-0.25, -0.2) is 0 Å². The van der Waals surface area contributed by atoms with Crippen LogP contribution in [0.25, 0.3) is 5.57 Å². The van der Waals surface area contributed by atoms with Gasteiger partial charge in [-0.1, -0.05) is 29.8 Å². The van der Waals surface area contributed by atoms with Gasteiger partial charge in [0, 0.05) is 0 Å². The largest absolute Gasteiger partial charge is 0.497 e. The molecule has 0 spiro atoms. The van der Waals surface area contributed by atoms with Crippen LogP contribution >= 0.6 is 0 Å². The smallest absolute Gasteiger partial charge is 0.276 e. The number of hydrogen-bond donors (Lipinski definition) is 1. The van der Waals surface area contributed by atoms with Gasteiger partial charge in [0.05, 0.1) is 17.7 Å². The first-order chi connectivity index (χ1) is 11.8. The normalized spacial score (nSPS) is 12.8. The quantitative estimate of drug-likeness (QED) is 0.631. The summed E-state index contributed by atoms with van der Waals surface area (Å²) in [6, 6.07) is 14.2. The molecule has 0 aromatic heterocycles. The first-order valence-corrected chi connectivity index (χ1v) is 9.25. The van der Waals surface area contributed by atoms with Gasteiger partial charge in [0.2, 0.25) is 0 Å². The lowest BCUT2D eigenvalue weighted by molar-refractivity contribution is 0.415. The van der Waals surface area contributed by atoms with Crippen molar-refractivity contribution in [1.82, 2.24) is 4.83 Å². The second-order valence-electron chi connectivity index (χ2n) is 5.72. The second kappa shape index (κ2) is 7.98. The minimum atomic E-state index is -3.66. The molecule has 25 heavy (non-hydrogen) atoms. The molecular formula is C19H22N2O3S. The number of nitrogens with zero attached hydrogens (tertiary/aromatic N) is 1. The molecule has 2 aromatic carbocycles. The van der Waals surface area contributed by atoms with Gasteiger partial charge in [0.1, 0.15) is 5.75 Å². The van der Waals surface area contributed by atoms with Crippen LogP contribution in [-0.2, 0) is 10.0 Å². The van der Waals surface area contributed by atoms with Gasteiger partial charge >= 0.3 is 0 Å². The van der Waals surface area contributed by atoms with E-state index in [1.807, 2.05) is 44.2 Å². The molecule has 0 atom stereocenters. The van der Waals surface area contributed by atoms with Crippen LogP contribution in [0, 0.1) is 6.92 Å². The van der Waals surface area contributed by atoms with Gasteiger partial charge < -0.3 is 4.74 Å². The molecule has 0 saturated carbocycles. The van der Waals surface area contributed by atoms with Crippen molar-refractivity contribution in [1.29, 1.82) is 0 Å². The zero-order valence-corrected chi connectivity index (χ0v) is 15.6. The summed E-state index contributed by atoms with van der Waals surface area (Å²) in [6.45, 7) is 5.58. The number of benzene rings is 2. The lowest BCUT2D eigenvalue weighted by Crippen LogP contribution is -2.19. The fourth-order valence-corrected chi connectivity index (χ4v) is 3.05. The molecule has 0 fully saturated rings. The first-order valence-electron chi connectivity index (χ1n) is 7.77. The number of hydrazone groups is 1. The van der Waals surface area contributed by atoms with Gasteiger partial charge in [-0.2, -0.15) is 18.4 Å². The number of allylic oxidation sites excluding steroid dienone is 2. The van der Waals surface area contributed by atoms with E-state index < -0.39 is 10.0 Å². The molecule has 0 heterocycles. The molecule has 0 radical (unpaired) electrons. The van der Waals surface area contributed by atoms with Crippen LogP contribution in [0.2, 0.25) is 0 Å². The topological polar surface area (TPSA) is 67.8 Å². The van der Waals surface area contributed by atoms with E-state index >= 15 is 0 Å². The van der Waals surface area contributed by atoms with E-state index in [4.69, 9.17) is 4.74 Å². The molecule has 6 heteroatoms. The Morgan fingerprint density at radius 3 is 2.20 bits per heavy atom. The Kier molecular flexibility index (Phi) is 5.98. The maximum Gasteiger partial charge on any atom is 0.276 e. The Labute approximate surface area is 149 Å². The minimum Gasteiger partial charge on any atom is -0.497 e. The van der Waals surface area contributed by atoms with Crippen molar-refractivity contribution in [2.24, 2.45) is 5.10 Å². The zero-order valence-electron chi connectivity index (χ0n) is 14.8. The van der Waals surface area contributed by atoms with Crippen LogP contribution in [0.1, 0.15) is 25.0 Å². The molecular weight excluding hydrogens is 336 g/mol. The third-order valence-electron chi connectivity index (χ3n) is 3.64. The highest BCUT2D eigenvalue weighted by Crippen LogP contribution is 2.18. The zero-order chi connectivity index (χ0) is 18.4. The molecule has 5 nitrogen and oxygen atoms in total. The van der Waals surface area contributed by atoms with Crippen molar-refractivity contribution in [2.45, 2.75) is 25.7 Å². The first kappa shape index (κ1) is 18.7. The summed E-state index contributed by atoms with van der Waals surface area (Å²) in [7, 11) is -2.05. The highest BCUT2D eigenvalue weighted by Gasteiger charge is 2.12. The lowest BCUT2D eigenvalue weighted by atomic mass is 10.1. The Morgan fingerprint density at radius 2 is 1.64 bits per heavy atom. The third kappa shape index (κ3) is 5.19. The van der Waals surface area contributed by atoms with Gasteiger partial charge in [-0.3, -0.25) is 0 Å². The van der Waals surface area contributed by atoms with Crippen molar-refractivity contribution in [3.05, 3.63) is 65.7 Å². The number of methoxy groups -OCH3 is 1. The van der Waals surface area contributed by atoms with Gasteiger partial charge in [-0.15, -0.1) is 0 Å². The highest BCUT2D eigenvalue weighted by atomic mass is 32.2. The van der Waals surface area contributed by atoms with E-state index in [1.165, 1.54) is 0 Å². The average molecular weight is 358 g/mol. The third-order valence-corrected chi connectivity index (χ3v) is 4.87. The SMILES string of the molecule is COc1ccc(/C(C)=C/C(C)=N/NS(=O)(=O)c2ccc(C)cc2)cc1. The summed E-state index contributed by atoms with van der Waals surface area (Å²) in [5.74, 6) is 0.785. The fraction of sp³-hybridized carbons (Fsp3) is 0.211. The number of ether oxygens (including phenoxy) is 1. The minimum absolute atomic E-state index is 0.186. The van der Waals surface area contributed by atoms with Crippen molar-refractivity contribution in [2.75, 3.05) is 7.11 Å². The Morgan fingerprint density at radius 1 is 1.04 bits per heavy atom. The predicted molar refractivity (Wildman–Crippen MR) is 101 cm³/mol. The Hall–Kier alpha value is -2.60. The van der Waals surface area contributed by atoms with E-state index in [1.54, 1.807) is 38.3 Å². The summed E-state index contributed by atoms with van der Waals surface area (Å²) in [5, 5.41) is 3.97. The number of aryl methyl sites for hydroxylation is 1. The molecule has 0 bridgehead atoms. The van der Waals surface area contributed by atoms with Crippen molar-refractivity contribution < 1.29 is 13.2 Å². The summed E-state index contributed by atoms with van der Waals surface area (Å²) in [5.41, 5.74) is 3.54. The number of nitrogens with one attached hydrogen (secondary N) is 1. The van der Waals surface area contributed by atoms with Gasteiger partial charge in [0.25, 0.3) is 10.0 Å². The van der Waals surface area contributed by atoms with E-state index in [2.05, 4.69) is 9.93 Å². The molecule has 132 valence electrons. The van der Waals surface area contributed by atoms with Crippen molar-refractivity contribution in [3.63, 3.8) is 0 Å². The molecule has 2 rings (SSSR count). The van der Waals surface area contributed by atoms with E-state index in [-0.39, 0.29) is 4.90 Å². The summed E-state index contributed by atoms with van der Waals surface area (Å²) < 4.78 is 29.6. The maximum atomic E-state index is 12.2. The number of sulfonamides is 1.